The number of ether oxygens (including phenoxy) is 1. The zero-order chi connectivity index (χ0) is 12.6. The molecule has 0 aromatic carbocycles. The van der Waals surface area contributed by atoms with Crippen molar-refractivity contribution in [3.05, 3.63) is 0 Å². The first-order chi connectivity index (χ1) is 7.47. The first kappa shape index (κ1) is 15.6. The molecule has 5 nitrogen and oxygen atoms in total. The molecule has 0 aliphatic rings. The third-order valence-electron chi connectivity index (χ3n) is 1.17. The van der Waals surface area contributed by atoms with E-state index < -0.39 is 20.7 Å². The molecular weight excluding hydrogens is 245 g/mol. The monoisotopic (exact) mass is 260 g/mol. The zero-order valence-corrected chi connectivity index (χ0v) is 10.3. The molecule has 0 aliphatic carbocycles. The van der Waals surface area contributed by atoms with Crippen molar-refractivity contribution in [2.75, 3.05) is 19.8 Å². The third-order valence-corrected chi connectivity index (χ3v) is 2.49. The molecule has 0 aromatic heterocycles. The standard InChI is InChI=1S/C8H15F2O5P/c1-4-12-7(11)8(9,10)15-16(13-5-2)14-6-3/h4-6H2,1-3H3. The Morgan fingerprint density at radius 2 is 1.62 bits per heavy atom. The lowest BCUT2D eigenvalue weighted by Crippen LogP contribution is -2.32. The Balaban J connectivity index is 4.32. The normalized spacial score (nSPS) is 11.9. The lowest BCUT2D eigenvalue weighted by molar-refractivity contribution is -0.219. The number of hydrogen-bond donors (Lipinski definition) is 0. The van der Waals surface area contributed by atoms with Crippen LogP contribution in [0.15, 0.2) is 0 Å². The van der Waals surface area contributed by atoms with Crippen LogP contribution < -0.4 is 0 Å². The average Bonchev–Trinajstić information content (AvgIpc) is 2.18. The Morgan fingerprint density at radius 3 is 2.00 bits per heavy atom. The maximum atomic E-state index is 13.1. The van der Waals surface area contributed by atoms with Gasteiger partial charge in [-0.3, -0.25) is 0 Å². The minimum atomic E-state index is -4.05. The van der Waals surface area contributed by atoms with E-state index in [2.05, 4.69) is 9.26 Å². The summed E-state index contributed by atoms with van der Waals surface area (Å²) in [6.45, 7) is 4.75. The quantitative estimate of drug-likeness (QED) is 0.495. The average molecular weight is 260 g/mol. The minimum Gasteiger partial charge on any atom is -0.460 e. The summed E-state index contributed by atoms with van der Waals surface area (Å²) >= 11 is 0. The fraction of sp³-hybridized carbons (Fsp3) is 0.875. The second kappa shape index (κ2) is 7.84. The molecule has 16 heavy (non-hydrogen) atoms. The molecule has 0 saturated carbocycles. The largest absolute Gasteiger partial charge is 0.462 e. The fourth-order valence-electron chi connectivity index (χ4n) is 0.647. The van der Waals surface area contributed by atoms with Crippen LogP contribution in [-0.4, -0.2) is 31.9 Å². The van der Waals surface area contributed by atoms with Crippen LogP contribution >= 0.6 is 8.60 Å². The van der Waals surface area contributed by atoms with Gasteiger partial charge in [0, 0.05) is 0 Å². The summed E-state index contributed by atoms with van der Waals surface area (Å²) in [4.78, 5) is 10.8. The van der Waals surface area contributed by atoms with Crippen molar-refractivity contribution in [3.63, 3.8) is 0 Å². The first-order valence-corrected chi connectivity index (χ1v) is 5.87. The van der Waals surface area contributed by atoms with E-state index in [0.717, 1.165) is 0 Å². The number of rotatable bonds is 8. The Hall–Kier alpha value is -0.360. The van der Waals surface area contributed by atoms with Gasteiger partial charge in [0.2, 0.25) is 0 Å². The molecule has 0 spiro atoms. The molecule has 0 saturated heterocycles. The molecule has 0 fully saturated rings. The van der Waals surface area contributed by atoms with Crippen LogP contribution in [0.5, 0.6) is 0 Å². The molecule has 0 amide bonds. The van der Waals surface area contributed by atoms with Gasteiger partial charge in [0.1, 0.15) is 0 Å². The highest BCUT2D eigenvalue weighted by Gasteiger charge is 2.46. The van der Waals surface area contributed by atoms with Gasteiger partial charge in [-0.1, -0.05) is 0 Å². The maximum absolute atomic E-state index is 13.1. The summed E-state index contributed by atoms with van der Waals surface area (Å²) < 4.78 is 44.0. The van der Waals surface area contributed by atoms with Crippen LogP contribution in [0.25, 0.3) is 0 Å². The van der Waals surface area contributed by atoms with Gasteiger partial charge in [0.15, 0.2) is 0 Å². The smallest absolute Gasteiger partial charge is 0.460 e. The summed E-state index contributed by atoms with van der Waals surface area (Å²) in [5.41, 5.74) is 0. The number of halogens is 2. The summed E-state index contributed by atoms with van der Waals surface area (Å²) in [5, 5.41) is 0. The summed E-state index contributed by atoms with van der Waals surface area (Å²) in [6.07, 6.45) is -4.05. The zero-order valence-electron chi connectivity index (χ0n) is 9.37. The lowest BCUT2D eigenvalue weighted by atomic mass is 10.6. The molecule has 8 heteroatoms. The van der Waals surface area contributed by atoms with Crippen molar-refractivity contribution in [1.29, 1.82) is 0 Å². The number of esters is 1. The van der Waals surface area contributed by atoms with Crippen molar-refractivity contribution < 1.29 is 31.9 Å². The van der Waals surface area contributed by atoms with Crippen LogP contribution in [0.2, 0.25) is 0 Å². The van der Waals surface area contributed by atoms with Crippen LogP contribution in [0.3, 0.4) is 0 Å². The first-order valence-electron chi connectivity index (χ1n) is 4.78. The number of carbonyl (C=O) groups is 1. The van der Waals surface area contributed by atoms with Crippen LogP contribution in [-0.2, 0) is 23.1 Å². The topological polar surface area (TPSA) is 54.0 Å². The van der Waals surface area contributed by atoms with Crippen LogP contribution in [0.1, 0.15) is 20.8 Å². The molecule has 96 valence electrons. The van der Waals surface area contributed by atoms with Crippen molar-refractivity contribution >= 4 is 14.6 Å². The van der Waals surface area contributed by atoms with Crippen molar-refractivity contribution in [2.24, 2.45) is 0 Å². The number of alkyl halides is 2. The van der Waals surface area contributed by atoms with Crippen LogP contribution in [0.4, 0.5) is 8.78 Å². The van der Waals surface area contributed by atoms with E-state index in [1.165, 1.54) is 6.92 Å². The van der Waals surface area contributed by atoms with E-state index in [1.54, 1.807) is 13.8 Å². The van der Waals surface area contributed by atoms with Crippen molar-refractivity contribution in [2.45, 2.75) is 26.9 Å². The van der Waals surface area contributed by atoms with E-state index in [-0.39, 0.29) is 19.8 Å². The van der Waals surface area contributed by atoms with Gasteiger partial charge in [-0.25, -0.2) is 9.32 Å². The molecule has 0 bridgehead atoms. The maximum Gasteiger partial charge on any atom is 0.462 e. The van der Waals surface area contributed by atoms with Gasteiger partial charge in [0.05, 0.1) is 19.8 Å². The van der Waals surface area contributed by atoms with Crippen molar-refractivity contribution in [1.82, 2.24) is 0 Å². The van der Waals surface area contributed by atoms with E-state index in [0.29, 0.717) is 0 Å². The summed E-state index contributed by atoms with van der Waals surface area (Å²) in [6, 6.07) is 0. The second-order valence-electron chi connectivity index (χ2n) is 2.39. The van der Waals surface area contributed by atoms with Gasteiger partial charge in [-0.05, 0) is 20.8 Å². The summed E-state index contributed by atoms with van der Waals surface area (Å²) in [7, 11) is -2.24. The molecule has 0 N–H and O–H groups in total. The predicted octanol–water partition coefficient (Wildman–Crippen LogP) is 2.46. The molecule has 0 radical (unpaired) electrons. The van der Waals surface area contributed by atoms with E-state index in [4.69, 9.17) is 9.05 Å². The van der Waals surface area contributed by atoms with Crippen molar-refractivity contribution in [3.8, 4) is 0 Å². The second-order valence-corrected chi connectivity index (χ2v) is 3.53. The predicted molar refractivity (Wildman–Crippen MR) is 52.8 cm³/mol. The van der Waals surface area contributed by atoms with E-state index >= 15 is 0 Å². The van der Waals surface area contributed by atoms with Gasteiger partial charge >= 0.3 is 20.7 Å². The Labute approximate surface area is 94.0 Å². The van der Waals surface area contributed by atoms with E-state index in [1.807, 2.05) is 0 Å². The Bertz CT molecular complexity index is 209. The lowest BCUT2D eigenvalue weighted by Gasteiger charge is -2.20. The Kier molecular flexibility index (Phi) is 7.66. The van der Waals surface area contributed by atoms with Gasteiger partial charge in [-0.2, -0.15) is 8.78 Å². The van der Waals surface area contributed by atoms with Gasteiger partial charge in [-0.15, -0.1) is 0 Å². The summed E-state index contributed by atoms with van der Waals surface area (Å²) in [5.74, 6) is -1.75. The highest BCUT2D eigenvalue weighted by Crippen LogP contribution is 2.45. The van der Waals surface area contributed by atoms with Crippen LogP contribution in [0, 0.1) is 0 Å². The SMILES string of the molecule is CCOC(=O)C(F)(F)OP(OCC)OCC. The minimum absolute atomic E-state index is 0.143. The number of carbonyl (C=O) groups excluding carboxylic acids is 1. The highest BCUT2D eigenvalue weighted by atomic mass is 31.2. The molecule has 0 unspecified atom stereocenters. The number of hydrogen-bond acceptors (Lipinski definition) is 5. The third kappa shape index (κ3) is 5.65. The fourth-order valence-corrected chi connectivity index (χ4v) is 1.51. The van der Waals surface area contributed by atoms with Gasteiger partial charge < -0.3 is 13.8 Å². The molecular formula is C8H15F2O5P. The molecule has 0 heterocycles. The molecule has 0 atom stereocenters. The molecule has 0 aromatic rings. The van der Waals surface area contributed by atoms with E-state index in [9.17, 15) is 13.6 Å². The highest BCUT2D eigenvalue weighted by molar-refractivity contribution is 7.41. The molecule has 0 aliphatic heterocycles. The van der Waals surface area contributed by atoms with Gasteiger partial charge in [0.25, 0.3) is 0 Å². The molecule has 0 rings (SSSR count). The Morgan fingerprint density at radius 1 is 1.12 bits per heavy atom.